The van der Waals surface area contributed by atoms with E-state index in [0.29, 0.717) is 13.1 Å². The third kappa shape index (κ3) is 3.23. The van der Waals surface area contributed by atoms with Gasteiger partial charge < -0.3 is 0 Å². The summed E-state index contributed by atoms with van der Waals surface area (Å²) in [4.78, 5) is 28.1. The lowest BCUT2D eigenvalue weighted by Crippen LogP contribution is -2.44. The highest BCUT2D eigenvalue weighted by atomic mass is 19.4. The number of fused-ring (bicyclic) bond motifs is 1. The minimum Gasteiger partial charge on any atom is -0.287 e. The minimum absolute atomic E-state index is 0.0166. The highest BCUT2D eigenvalue weighted by Gasteiger charge is 2.44. The van der Waals surface area contributed by atoms with E-state index in [1.54, 1.807) is 0 Å². The van der Waals surface area contributed by atoms with Gasteiger partial charge in [0.15, 0.2) is 0 Å². The highest BCUT2D eigenvalue weighted by Crippen LogP contribution is 2.34. The van der Waals surface area contributed by atoms with Gasteiger partial charge in [0.25, 0.3) is 5.91 Å². The van der Waals surface area contributed by atoms with E-state index in [-0.39, 0.29) is 12.1 Å². The molecule has 0 N–H and O–H groups in total. The quantitative estimate of drug-likeness (QED) is 0.757. The van der Waals surface area contributed by atoms with Crippen LogP contribution in [0.25, 0.3) is 0 Å². The van der Waals surface area contributed by atoms with E-state index in [1.807, 2.05) is 29.2 Å². The van der Waals surface area contributed by atoms with Gasteiger partial charge in [-0.1, -0.05) is 30.3 Å². The summed E-state index contributed by atoms with van der Waals surface area (Å²) in [5.41, 5.74) is 1.43. The molecule has 2 aliphatic rings. The van der Waals surface area contributed by atoms with Gasteiger partial charge >= 0.3 is 6.18 Å². The first-order chi connectivity index (χ1) is 12.8. The van der Waals surface area contributed by atoms with Crippen molar-refractivity contribution < 1.29 is 22.8 Å². The Morgan fingerprint density at radius 2 is 1.70 bits per heavy atom. The maximum Gasteiger partial charge on any atom is 0.416 e. The average Bonchev–Trinajstić information content (AvgIpc) is 2.95. The Bertz CT molecular complexity index is 910. The number of halogens is 3. The molecule has 2 aliphatic heterocycles. The second-order valence-electron chi connectivity index (χ2n) is 6.82. The van der Waals surface area contributed by atoms with Gasteiger partial charge in [0.2, 0.25) is 5.91 Å². The van der Waals surface area contributed by atoms with Crippen LogP contribution in [0.15, 0.2) is 48.5 Å². The minimum atomic E-state index is -4.53. The summed E-state index contributed by atoms with van der Waals surface area (Å²) < 4.78 is 38.9. The molecule has 2 aromatic carbocycles. The van der Waals surface area contributed by atoms with Crippen LogP contribution in [0.4, 0.5) is 18.9 Å². The average molecular weight is 374 g/mol. The summed E-state index contributed by atoms with van der Waals surface area (Å²) in [6, 6.07) is 11.6. The van der Waals surface area contributed by atoms with Crippen LogP contribution in [0.1, 0.15) is 23.1 Å². The second-order valence-corrected chi connectivity index (χ2v) is 6.82. The van der Waals surface area contributed by atoms with E-state index >= 15 is 0 Å². The van der Waals surface area contributed by atoms with Crippen molar-refractivity contribution in [2.75, 3.05) is 11.4 Å². The molecule has 0 spiro atoms. The Balaban J connectivity index is 1.58. The molecule has 7 heteroatoms. The number of anilines is 1. The van der Waals surface area contributed by atoms with E-state index in [2.05, 4.69) is 0 Å². The highest BCUT2D eigenvalue weighted by molar-refractivity contribution is 6.22. The van der Waals surface area contributed by atoms with Gasteiger partial charge in [0.1, 0.15) is 0 Å². The molecule has 1 atom stereocenters. The van der Waals surface area contributed by atoms with Crippen molar-refractivity contribution in [2.45, 2.75) is 31.6 Å². The molecule has 1 saturated heterocycles. The number of benzene rings is 2. The van der Waals surface area contributed by atoms with Crippen LogP contribution in [0.3, 0.4) is 0 Å². The van der Waals surface area contributed by atoms with Gasteiger partial charge in [-0.3, -0.25) is 14.5 Å². The first kappa shape index (κ1) is 17.7. The molecule has 2 aromatic rings. The summed E-state index contributed by atoms with van der Waals surface area (Å²) in [5, 5.41) is 0. The molecule has 0 saturated carbocycles. The zero-order valence-corrected chi connectivity index (χ0v) is 14.4. The molecule has 1 fully saturated rings. The van der Waals surface area contributed by atoms with Crippen LogP contribution in [0, 0.1) is 0 Å². The lowest BCUT2D eigenvalue weighted by atomic mass is 9.98. The molecule has 0 radical (unpaired) electrons. The molecule has 4 rings (SSSR count). The van der Waals surface area contributed by atoms with Crippen LogP contribution >= 0.6 is 0 Å². The number of amides is 2. The summed E-state index contributed by atoms with van der Waals surface area (Å²) in [7, 11) is 0. The van der Waals surface area contributed by atoms with Crippen molar-refractivity contribution in [3.05, 3.63) is 65.2 Å². The zero-order chi connectivity index (χ0) is 19.2. The molecule has 140 valence electrons. The third-order valence-electron chi connectivity index (χ3n) is 5.16. The largest absolute Gasteiger partial charge is 0.416 e. The summed E-state index contributed by atoms with van der Waals surface area (Å²) in [6.45, 7) is 1.19. The monoisotopic (exact) mass is 374 g/mol. The number of carbonyl (C=O) groups excluding carboxylic acids is 2. The van der Waals surface area contributed by atoms with Crippen LogP contribution in [0.2, 0.25) is 0 Å². The smallest absolute Gasteiger partial charge is 0.287 e. The Kier molecular flexibility index (Phi) is 4.26. The van der Waals surface area contributed by atoms with Gasteiger partial charge in [-0.2, -0.15) is 13.2 Å². The summed E-state index contributed by atoms with van der Waals surface area (Å²) in [6.07, 6.45) is -3.77. The molecule has 2 heterocycles. The topological polar surface area (TPSA) is 40.6 Å². The lowest BCUT2D eigenvalue weighted by Gasteiger charge is -2.32. The Labute approximate surface area is 154 Å². The number of hydrogen-bond donors (Lipinski definition) is 0. The van der Waals surface area contributed by atoms with E-state index < -0.39 is 29.6 Å². The molecule has 0 bridgehead atoms. The van der Waals surface area contributed by atoms with Crippen molar-refractivity contribution in [1.29, 1.82) is 0 Å². The van der Waals surface area contributed by atoms with Crippen molar-refractivity contribution >= 4 is 17.5 Å². The number of hydrogen-bond acceptors (Lipinski definition) is 3. The molecular weight excluding hydrogens is 357 g/mol. The van der Waals surface area contributed by atoms with E-state index in [0.717, 1.165) is 29.0 Å². The number of nitrogens with zero attached hydrogens (tertiary/aromatic N) is 2. The first-order valence-corrected chi connectivity index (χ1v) is 8.69. The molecule has 0 unspecified atom stereocenters. The maximum atomic E-state index is 13.0. The standard InChI is InChI=1S/C20H17F3N2O2/c21-20(22,23)15-6-3-7-16(10-15)25-18(26)11-17(19(25)27)24-9-8-13-4-1-2-5-14(13)12-24/h1-7,10,17H,8-9,11-12H2/t17-/m1/s1. The number of carbonyl (C=O) groups is 2. The normalized spacial score (nSPS) is 20.9. The Morgan fingerprint density at radius 3 is 2.44 bits per heavy atom. The molecule has 0 aliphatic carbocycles. The van der Waals surface area contributed by atoms with Crippen molar-refractivity contribution in [3.63, 3.8) is 0 Å². The Morgan fingerprint density at radius 1 is 0.963 bits per heavy atom. The predicted molar refractivity (Wildman–Crippen MR) is 92.9 cm³/mol. The van der Waals surface area contributed by atoms with E-state index in [1.165, 1.54) is 17.7 Å². The van der Waals surface area contributed by atoms with E-state index in [9.17, 15) is 22.8 Å². The van der Waals surface area contributed by atoms with Gasteiger partial charge in [0, 0.05) is 13.1 Å². The van der Waals surface area contributed by atoms with E-state index in [4.69, 9.17) is 0 Å². The first-order valence-electron chi connectivity index (χ1n) is 8.69. The van der Waals surface area contributed by atoms with Gasteiger partial charge in [-0.15, -0.1) is 0 Å². The fourth-order valence-corrected chi connectivity index (χ4v) is 3.78. The van der Waals surface area contributed by atoms with Gasteiger partial charge in [-0.25, -0.2) is 4.90 Å². The van der Waals surface area contributed by atoms with Crippen molar-refractivity contribution in [3.8, 4) is 0 Å². The van der Waals surface area contributed by atoms with Gasteiger partial charge in [0.05, 0.1) is 23.7 Å². The molecular formula is C20H17F3N2O2. The van der Waals surface area contributed by atoms with Crippen molar-refractivity contribution in [2.24, 2.45) is 0 Å². The third-order valence-corrected chi connectivity index (χ3v) is 5.16. The van der Waals surface area contributed by atoms with Crippen LogP contribution in [0.5, 0.6) is 0 Å². The maximum absolute atomic E-state index is 13.0. The van der Waals surface area contributed by atoms with Gasteiger partial charge in [-0.05, 0) is 35.7 Å². The summed E-state index contributed by atoms with van der Waals surface area (Å²) in [5.74, 6) is -0.929. The number of rotatable bonds is 2. The summed E-state index contributed by atoms with van der Waals surface area (Å²) >= 11 is 0. The van der Waals surface area contributed by atoms with Crippen molar-refractivity contribution in [1.82, 2.24) is 4.90 Å². The second kappa shape index (κ2) is 6.49. The fourth-order valence-electron chi connectivity index (χ4n) is 3.78. The zero-order valence-electron chi connectivity index (χ0n) is 14.4. The Hall–Kier alpha value is -2.67. The molecule has 2 amide bonds. The van der Waals surface area contributed by atoms with Crippen LogP contribution in [-0.4, -0.2) is 29.3 Å². The number of alkyl halides is 3. The molecule has 4 nitrogen and oxygen atoms in total. The fraction of sp³-hybridized carbons (Fsp3) is 0.300. The SMILES string of the molecule is O=C1C[C@@H](N2CCc3ccccc3C2)C(=O)N1c1cccc(C(F)(F)F)c1. The van der Waals surface area contributed by atoms with Crippen LogP contribution < -0.4 is 4.90 Å². The lowest BCUT2D eigenvalue weighted by molar-refractivity contribution is -0.137. The molecule has 0 aromatic heterocycles. The molecule has 27 heavy (non-hydrogen) atoms. The van der Waals surface area contributed by atoms with Crippen LogP contribution in [-0.2, 0) is 28.7 Å². The number of imide groups is 1. The predicted octanol–water partition coefficient (Wildman–Crippen LogP) is 3.40.